The lowest BCUT2D eigenvalue weighted by Gasteiger charge is -2.39. The first-order valence-electron chi connectivity index (χ1n) is 17.5. The summed E-state index contributed by atoms with van der Waals surface area (Å²) in [6.45, 7) is 17.1. The van der Waals surface area contributed by atoms with E-state index < -0.39 is 32.3 Å². The Bertz CT molecular complexity index is 1320. The number of aliphatic hydroxyl groups excluding tert-OH is 1. The van der Waals surface area contributed by atoms with Crippen LogP contribution in [0.15, 0.2) is 36.4 Å². The Kier molecular flexibility index (Phi) is 12.9. The maximum absolute atomic E-state index is 13.0. The lowest BCUT2D eigenvalue weighted by Crippen LogP contribution is -2.41. The number of ether oxygens (including phenoxy) is 3. The van der Waals surface area contributed by atoms with Crippen molar-refractivity contribution in [2.75, 3.05) is 18.1 Å². The number of carbonyl (C=O) groups excluding carboxylic acids is 2. The molecule has 1 aromatic heterocycles. The van der Waals surface area contributed by atoms with Gasteiger partial charge in [-0.15, -0.1) is 11.3 Å². The van der Waals surface area contributed by atoms with Gasteiger partial charge in [0, 0.05) is 23.0 Å². The number of thiophene rings is 1. The molecule has 0 aliphatic carbocycles. The first-order valence-corrected chi connectivity index (χ1v) is 21.2. The maximum atomic E-state index is 13.0. The number of esters is 1. The number of aliphatic hydroxyl groups is 1. The Hall–Kier alpha value is -2.08. The van der Waals surface area contributed by atoms with Gasteiger partial charge in [0.25, 0.3) is 0 Å². The van der Waals surface area contributed by atoms with Gasteiger partial charge >= 0.3 is 5.97 Å². The zero-order chi connectivity index (χ0) is 34.4. The third-order valence-electron chi connectivity index (χ3n) is 9.85. The zero-order valence-electron chi connectivity index (χ0n) is 29.8. The van der Waals surface area contributed by atoms with Crippen LogP contribution in [0, 0.1) is 0 Å². The summed E-state index contributed by atoms with van der Waals surface area (Å²) in [5.41, 5.74) is 2.16. The fraction of sp³-hybridized carbons (Fsp3) is 0.676. The highest BCUT2D eigenvalue weighted by molar-refractivity contribution is 7.13. The van der Waals surface area contributed by atoms with Gasteiger partial charge in [0.05, 0.1) is 12.7 Å². The van der Waals surface area contributed by atoms with Crippen LogP contribution in [0.25, 0.3) is 0 Å². The van der Waals surface area contributed by atoms with Crippen molar-refractivity contribution in [3.05, 3.63) is 51.7 Å². The van der Waals surface area contributed by atoms with Crippen LogP contribution in [0.2, 0.25) is 18.1 Å². The van der Waals surface area contributed by atoms with Crippen molar-refractivity contribution in [3.8, 4) is 0 Å². The molecule has 1 N–H and O–H groups in total. The fourth-order valence-corrected chi connectivity index (χ4v) is 8.46. The second kappa shape index (κ2) is 16.1. The average Bonchev–Trinajstić information content (AvgIpc) is 3.71. The zero-order valence-corrected chi connectivity index (χ0v) is 31.6. The summed E-state index contributed by atoms with van der Waals surface area (Å²) >= 11 is 1.44. The molecular weight excluding hydrogens is 631 g/mol. The normalized spacial score (nSPS) is 22.2. The van der Waals surface area contributed by atoms with Crippen molar-refractivity contribution >= 4 is 37.2 Å². The summed E-state index contributed by atoms with van der Waals surface area (Å²) in [6, 6.07) is 12.5. The quantitative estimate of drug-likeness (QED) is 0.107. The van der Waals surface area contributed by atoms with Gasteiger partial charge in [-0.3, -0.25) is 4.79 Å². The van der Waals surface area contributed by atoms with Crippen molar-refractivity contribution < 1.29 is 33.3 Å². The molecule has 2 saturated heterocycles. The number of rotatable bonds is 16. The minimum atomic E-state index is -1.95. The number of hydrogen-bond donors (Lipinski definition) is 1. The molecule has 4 atom stereocenters. The van der Waals surface area contributed by atoms with Gasteiger partial charge in [0.1, 0.15) is 23.7 Å². The Morgan fingerprint density at radius 1 is 1.09 bits per heavy atom. The van der Waals surface area contributed by atoms with E-state index in [1.807, 2.05) is 11.0 Å². The minimum absolute atomic E-state index is 0.0242. The largest absolute Gasteiger partial charge is 0.459 e. The van der Waals surface area contributed by atoms with E-state index in [-0.39, 0.29) is 36.3 Å². The van der Waals surface area contributed by atoms with E-state index in [4.69, 9.17) is 18.6 Å². The molecule has 3 heterocycles. The number of aryl methyl sites for hydroxylation is 1. The van der Waals surface area contributed by atoms with Crippen LogP contribution in [-0.2, 0) is 29.9 Å². The van der Waals surface area contributed by atoms with Crippen molar-refractivity contribution in [3.63, 3.8) is 0 Å². The summed E-state index contributed by atoms with van der Waals surface area (Å²) < 4.78 is 23.8. The summed E-state index contributed by atoms with van der Waals surface area (Å²) in [4.78, 5) is 29.4. The molecule has 262 valence electrons. The summed E-state index contributed by atoms with van der Waals surface area (Å²) in [6.07, 6.45) is 7.66. The number of anilines is 1. The first-order chi connectivity index (χ1) is 22.1. The van der Waals surface area contributed by atoms with Gasteiger partial charge in [0.15, 0.2) is 14.1 Å². The topological polar surface area (TPSA) is 94.5 Å². The van der Waals surface area contributed by atoms with E-state index >= 15 is 0 Å². The highest BCUT2D eigenvalue weighted by atomic mass is 32.1. The van der Waals surface area contributed by atoms with Crippen molar-refractivity contribution in [1.82, 2.24) is 0 Å². The molecule has 4 rings (SSSR count). The monoisotopic (exact) mass is 687 g/mol. The molecule has 8 nitrogen and oxygen atoms in total. The predicted octanol–water partition coefficient (Wildman–Crippen LogP) is 8.58. The van der Waals surface area contributed by atoms with Crippen LogP contribution >= 0.6 is 11.3 Å². The third kappa shape index (κ3) is 9.98. The molecule has 0 spiro atoms. The van der Waals surface area contributed by atoms with E-state index in [1.54, 1.807) is 19.9 Å². The Labute approximate surface area is 287 Å². The van der Waals surface area contributed by atoms with Gasteiger partial charge in [0.2, 0.25) is 5.91 Å². The van der Waals surface area contributed by atoms with Crippen molar-refractivity contribution in [2.45, 2.75) is 148 Å². The van der Waals surface area contributed by atoms with Gasteiger partial charge in [-0.05, 0) is 93.9 Å². The molecule has 47 heavy (non-hydrogen) atoms. The minimum Gasteiger partial charge on any atom is -0.459 e. The predicted molar refractivity (Wildman–Crippen MR) is 191 cm³/mol. The van der Waals surface area contributed by atoms with Crippen molar-refractivity contribution in [1.29, 1.82) is 0 Å². The molecule has 0 radical (unpaired) electrons. The highest BCUT2D eigenvalue weighted by Crippen LogP contribution is 2.41. The summed E-state index contributed by atoms with van der Waals surface area (Å²) in [5.74, 6) is -1.03. The molecule has 2 fully saturated rings. The Balaban J connectivity index is 1.32. The third-order valence-corrected chi connectivity index (χ3v) is 15.5. The van der Waals surface area contributed by atoms with Crippen molar-refractivity contribution in [2.24, 2.45) is 0 Å². The molecule has 1 amide bonds. The van der Waals surface area contributed by atoms with Crippen LogP contribution in [0.5, 0.6) is 0 Å². The Morgan fingerprint density at radius 2 is 1.79 bits per heavy atom. The van der Waals surface area contributed by atoms with E-state index in [9.17, 15) is 14.7 Å². The van der Waals surface area contributed by atoms with Gasteiger partial charge in [-0.2, -0.15) is 0 Å². The second-order valence-electron chi connectivity index (χ2n) is 15.1. The van der Waals surface area contributed by atoms with E-state index in [0.717, 1.165) is 49.1 Å². The smallest absolute Gasteiger partial charge is 0.348 e. The van der Waals surface area contributed by atoms with Crippen LogP contribution in [0.3, 0.4) is 0 Å². The van der Waals surface area contributed by atoms with Gasteiger partial charge in [-0.1, -0.05) is 59.1 Å². The molecule has 2 aromatic rings. The number of nitrogens with zero attached hydrogens (tertiary/aromatic N) is 1. The molecule has 2 aliphatic heterocycles. The molecule has 0 saturated carbocycles. The fourth-order valence-electron chi connectivity index (χ4n) is 6.19. The maximum Gasteiger partial charge on any atom is 0.348 e. The molecule has 2 aliphatic rings. The lowest BCUT2D eigenvalue weighted by molar-refractivity contribution is -0.151. The van der Waals surface area contributed by atoms with Crippen LogP contribution in [-0.4, -0.2) is 62.6 Å². The van der Waals surface area contributed by atoms with Crippen LogP contribution in [0.4, 0.5) is 5.69 Å². The van der Waals surface area contributed by atoms with Crippen LogP contribution in [0.1, 0.15) is 119 Å². The first kappa shape index (κ1) is 37.7. The number of amides is 1. The van der Waals surface area contributed by atoms with E-state index in [2.05, 4.69) is 65.1 Å². The van der Waals surface area contributed by atoms with E-state index in [0.29, 0.717) is 11.3 Å². The summed E-state index contributed by atoms with van der Waals surface area (Å²) in [5, 5.41) is 9.70. The number of hydrogen-bond acceptors (Lipinski definition) is 8. The van der Waals surface area contributed by atoms with Gasteiger partial charge in [-0.25, -0.2) is 4.79 Å². The standard InChI is InChI=1S/C37H57NO7SSi/c1-9-10-11-15-30(45-47(7,8)36(2,3)4)26-16-18-28(19-17-26)38-27(20-23-34(38)40)13-12-14-29-21-22-33(46-29)35(41)42-25-32-31(24-39)43-37(5,6)44-32/h16-19,21-22,27,30-32,39H,9-15,20,23-25H2,1-8H3/t27-,30?,31+,32+/m0/s1. The molecule has 1 unspecified atom stereocenters. The van der Waals surface area contributed by atoms with E-state index in [1.165, 1.54) is 29.7 Å². The number of unbranched alkanes of at least 4 members (excludes halogenated alkanes) is 2. The number of benzene rings is 1. The highest BCUT2D eigenvalue weighted by Gasteiger charge is 2.42. The lowest BCUT2D eigenvalue weighted by atomic mass is 10.0. The summed E-state index contributed by atoms with van der Waals surface area (Å²) in [7, 11) is -1.95. The molecule has 10 heteroatoms. The van der Waals surface area contributed by atoms with Gasteiger partial charge < -0.3 is 28.6 Å². The Morgan fingerprint density at radius 3 is 2.45 bits per heavy atom. The van der Waals surface area contributed by atoms with Crippen LogP contribution < -0.4 is 4.90 Å². The molecule has 0 bridgehead atoms. The molecule has 1 aromatic carbocycles. The molecular formula is C37H57NO7SSi. The SMILES string of the molecule is CCCCCC(O[Si](C)(C)C(C)(C)C)c1ccc(N2C(=O)CC[C@@H]2CCCc2ccc(C(=O)OC[C@H]3OC(C)(C)O[C@@H]3CO)s2)cc1. The second-order valence-corrected chi connectivity index (χ2v) is 21.0. The average molecular weight is 688 g/mol. The number of carbonyl (C=O) groups is 2.